The van der Waals surface area contributed by atoms with Crippen LogP contribution in [0.5, 0.6) is 0 Å². The molecule has 1 rings (SSSR count). The Balaban J connectivity index is 2.20. The molecule has 0 heterocycles. The molecule has 0 bridgehead atoms. The zero-order valence-corrected chi connectivity index (χ0v) is 10.5. The average molecular weight is 280 g/mol. The normalized spacial score (nSPS) is 33.2. The highest BCUT2D eigenvalue weighted by atomic mass is 127. The number of hydrogen-bond donors (Lipinski definition) is 0. The van der Waals surface area contributed by atoms with Crippen LogP contribution in [0.1, 0.15) is 52.4 Å². The Hall–Kier alpha value is 0.730. The number of rotatable bonds is 3. The van der Waals surface area contributed by atoms with E-state index in [1.54, 1.807) is 0 Å². The molecule has 1 saturated carbocycles. The third-order valence-electron chi connectivity index (χ3n) is 3.24. The molecule has 0 nitrogen and oxygen atoms in total. The minimum atomic E-state index is 0.894. The third-order valence-corrected chi connectivity index (χ3v) is 4.25. The van der Waals surface area contributed by atoms with Crippen LogP contribution in [0.15, 0.2) is 0 Å². The molecule has 0 amide bonds. The van der Waals surface area contributed by atoms with E-state index in [9.17, 15) is 0 Å². The van der Waals surface area contributed by atoms with Crippen molar-refractivity contribution in [2.24, 2.45) is 11.8 Å². The Morgan fingerprint density at radius 1 is 1.25 bits per heavy atom. The van der Waals surface area contributed by atoms with Gasteiger partial charge < -0.3 is 0 Å². The lowest BCUT2D eigenvalue weighted by atomic mass is 9.79. The molecule has 0 N–H and O–H groups in total. The lowest BCUT2D eigenvalue weighted by molar-refractivity contribution is 0.265. The molecule has 0 aliphatic heterocycles. The van der Waals surface area contributed by atoms with E-state index in [2.05, 4.69) is 36.4 Å². The summed E-state index contributed by atoms with van der Waals surface area (Å²) >= 11 is 2.59. The second kappa shape index (κ2) is 5.46. The second-order valence-corrected chi connectivity index (χ2v) is 6.21. The smallest absolute Gasteiger partial charge is 0.0110 e. The van der Waals surface area contributed by atoms with Crippen molar-refractivity contribution in [2.75, 3.05) is 0 Å². The lowest BCUT2D eigenvalue weighted by Gasteiger charge is -2.29. The van der Waals surface area contributed by atoms with Crippen LogP contribution in [0.2, 0.25) is 0 Å². The Kier molecular flexibility index (Phi) is 4.92. The largest absolute Gasteiger partial charge is 0.0826 e. The summed E-state index contributed by atoms with van der Waals surface area (Å²) in [4.78, 5) is 0. The van der Waals surface area contributed by atoms with Gasteiger partial charge in [0.2, 0.25) is 0 Å². The zero-order chi connectivity index (χ0) is 8.97. The van der Waals surface area contributed by atoms with Gasteiger partial charge in [0.15, 0.2) is 0 Å². The first-order chi connectivity index (χ1) is 5.74. The van der Waals surface area contributed by atoms with Crippen molar-refractivity contribution in [3.05, 3.63) is 0 Å². The summed E-state index contributed by atoms with van der Waals surface area (Å²) in [5, 5.41) is 0. The van der Waals surface area contributed by atoms with Crippen LogP contribution >= 0.6 is 22.6 Å². The molecule has 1 heteroatoms. The van der Waals surface area contributed by atoms with E-state index < -0.39 is 0 Å². The molecule has 1 aliphatic carbocycles. The molecule has 0 aromatic heterocycles. The Morgan fingerprint density at radius 3 is 2.25 bits per heavy atom. The first-order valence-electron chi connectivity index (χ1n) is 5.38. The second-order valence-electron chi connectivity index (χ2n) is 4.25. The molecule has 0 aromatic rings. The summed E-state index contributed by atoms with van der Waals surface area (Å²) in [5.74, 6) is 2.10. The first kappa shape index (κ1) is 10.8. The summed E-state index contributed by atoms with van der Waals surface area (Å²) in [6.45, 7) is 4.68. The minimum Gasteiger partial charge on any atom is -0.0826 e. The van der Waals surface area contributed by atoms with Gasteiger partial charge >= 0.3 is 0 Å². The van der Waals surface area contributed by atoms with Crippen LogP contribution < -0.4 is 0 Å². The highest BCUT2D eigenvalue weighted by Crippen LogP contribution is 2.35. The van der Waals surface area contributed by atoms with Crippen molar-refractivity contribution >= 4 is 22.6 Å². The van der Waals surface area contributed by atoms with E-state index in [1.807, 2.05) is 0 Å². The summed E-state index contributed by atoms with van der Waals surface area (Å²) in [5.41, 5.74) is 0. The fourth-order valence-corrected chi connectivity index (χ4v) is 3.06. The maximum absolute atomic E-state index is 2.59. The lowest BCUT2D eigenvalue weighted by Crippen LogP contribution is -2.19. The minimum absolute atomic E-state index is 0.894. The fourth-order valence-electron chi connectivity index (χ4n) is 2.34. The van der Waals surface area contributed by atoms with Crippen LogP contribution in [0, 0.1) is 11.8 Å². The molecule has 0 saturated heterocycles. The van der Waals surface area contributed by atoms with Gasteiger partial charge in [-0.2, -0.15) is 0 Å². The Morgan fingerprint density at radius 2 is 1.83 bits per heavy atom. The Bertz CT molecular complexity index is 112. The zero-order valence-electron chi connectivity index (χ0n) is 8.35. The summed E-state index contributed by atoms with van der Waals surface area (Å²) in [6, 6.07) is 0. The molecule has 12 heavy (non-hydrogen) atoms. The van der Waals surface area contributed by atoms with Crippen LogP contribution in [-0.4, -0.2) is 3.92 Å². The highest BCUT2D eigenvalue weighted by molar-refractivity contribution is 14.1. The van der Waals surface area contributed by atoms with E-state index in [4.69, 9.17) is 0 Å². The molecule has 1 fully saturated rings. The van der Waals surface area contributed by atoms with Crippen molar-refractivity contribution < 1.29 is 0 Å². The van der Waals surface area contributed by atoms with Gasteiger partial charge in [-0.25, -0.2) is 0 Å². The molecule has 0 radical (unpaired) electrons. The van der Waals surface area contributed by atoms with E-state index in [1.165, 1.54) is 38.5 Å². The van der Waals surface area contributed by atoms with Crippen molar-refractivity contribution in [3.8, 4) is 0 Å². The summed E-state index contributed by atoms with van der Waals surface area (Å²) in [7, 11) is 0. The van der Waals surface area contributed by atoms with E-state index in [0.717, 1.165) is 15.8 Å². The van der Waals surface area contributed by atoms with Crippen LogP contribution in [0.3, 0.4) is 0 Å². The molecule has 0 aromatic carbocycles. The van der Waals surface area contributed by atoms with E-state index in [0.29, 0.717) is 0 Å². The van der Waals surface area contributed by atoms with Crippen molar-refractivity contribution in [3.63, 3.8) is 0 Å². The maximum atomic E-state index is 2.59. The van der Waals surface area contributed by atoms with Crippen LogP contribution in [-0.2, 0) is 0 Å². The van der Waals surface area contributed by atoms with Gasteiger partial charge in [-0.3, -0.25) is 0 Å². The van der Waals surface area contributed by atoms with Crippen LogP contribution in [0.4, 0.5) is 0 Å². The van der Waals surface area contributed by atoms with E-state index >= 15 is 0 Å². The summed E-state index contributed by atoms with van der Waals surface area (Å²) < 4.78 is 0.894. The molecule has 72 valence electrons. The first-order valence-corrected chi connectivity index (χ1v) is 6.62. The molecule has 1 aliphatic rings. The number of halogens is 1. The van der Waals surface area contributed by atoms with Gasteiger partial charge in [-0.05, 0) is 24.7 Å². The standard InChI is InChI=1S/C11H21I/c1-3-4-10-5-7-11(8-6-10)9(2)12/h9-11H,3-8H2,1-2H3/t9?,10-,11-. The third kappa shape index (κ3) is 3.23. The van der Waals surface area contributed by atoms with Gasteiger partial charge in [0.1, 0.15) is 0 Å². The topological polar surface area (TPSA) is 0 Å². The predicted molar refractivity (Wildman–Crippen MR) is 63.8 cm³/mol. The van der Waals surface area contributed by atoms with Gasteiger partial charge in [0, 0.05) is 3.92 Å². The summed E-state index contributed by atoms with van der Waals surface area (Å²) in [6.07, 6.45) is 8.86. The highest BCUT2D eigenvalue weighted by Gasteiger charge is 2.22. The van der Waals surface area contributed by atoms with Crippen molar-refractivity contribution in [1.29, 1.82) is 0 Å². The van der Waals surface area contributed by atoms with Gasteiger partial charge in [0.05, 0.1) is 0 Å². The monoisotopic (exact) mass is 280 g/mol. The van der Waals surface area contributed by atoms with Crippen molar-refractivity contribution in [2.45, 2.75) is 56.3 Å². The molecule has 0 spiro atoms. The molecular weight excluding hydrogens is 259 g/mol. The van der Waals surface area contributed by atoms with Crippen molar-refractivity contribution in [1.82, 2.24) is 0 Å². The SMILES string of the molecule is CCC[C@H]1CC[C@H](C(C)I)CC1. The Labute approximate surface area is 90.6 Å². The molecular formula is C11H21I. The average Bonchev–Trinajstić information content (AvgIpc) is 2.06. The number of alkyl halides is 1. The maximum Gasteiger partial charge on any atom is 0.0110 e. The number of hydrogen-bond acceptors (Lipinski definition) is 0. The van der Waals surface area contributed by atoms with Crippen LogP contribution in [0.25, 0.3) is 0 Å². The quantitative estimate of drug-likeness (QED) is 0.530. The molecule has 1 unspecified atom stereocenters. The van der Waals surface area contributed by atoms with Gasteiger partial charge in [-0.1, -0.05) is 62.1 Å². The van der Waals surface area contributed by atoms with E-state index in [-0.39, 0.29) is 0 Å². The predicted octanol–water partition coefficient (Wildman–Crippen LogP) is 4.42. The molecule has 1 atom stereocenters. The van der Waals surface area contributed by atoms with Gasteiger partial charge in [0.25, 0.3) is 0 Å². The fraction of sp³-hybridized carbons (Fsp3) is 1.00. The van der Waals surface area contributed by atoms with Gasteiger partial charge in [-0.15, -0.1) is 0 Å².